The molecule has 0 fully saturated rings. The average Bonchev–Trinajstić information content (AvgIpc) is 2.27. The van der Waals surface area contributed by atoms with Crippen LogP contribution < -0.4 is 0 Å². The summed E-state index contributed by atoms with van der Waals surface area (Å²) >= 11 is 0. The van der Waals surface area contributed by atoms with E-state index in [0.29, 0.717) is 6.04 Å². The minimum atomic E-state index is -0.187. The van der Waals surface area contributed by atoms with Crippen LogP contribution in [0.3, 0.4) is 0 Å². The number of hydrogen-bond acceptors (Lipinski definition) is 3. The van der Waals surface area contributed by atoms with E-state index in [2.05, 4.69) is 24.8 Å². The van der Waals surface area contributed by atoms with E-state index in [1.807, 2.05) is 13.8 Å². The van der Waals surface area contributed by atoms with Crippen molar-refractivity contribution in [2.24, 2.45) is 5.41 Å². The van der Waals surface area contributed by atoms with E-state index >= 15 is 0 Å². The van der Waals surface area contributed by atoms with Crippen LogP contribution in [0, 0.1) is 16.7 Å². The second kappa shape index (κ2) is 8.49. The van der Waals surface area contributed by atoms with Crippen LogP contribution in [0.2, 0.25) is 0 Å². The van der Waals surface area contributed by atoms with Gasteiger partial charge in [0.15, 0.2) is 0 Å². The van der Waals surface area contributed by atoms with Gasteiger partial charge in [-0.2, -0.15) is 5.26 Å². The minimum Gasteiger partial charge on any atom is -0.396 e. The molecule has 0 aromatic heterocycles. The molecule has 0 saturated heterocycles. The van der Waals surface area contributed by atoms with Crippen molar-refractivity contribution in [3.63, 3.8) is 0 Å². The van der Waals surface area contributed by atoms with Crippen LogP contribution in [0.4, 0.5) is 0 Å². The molecule has 0 unspecified atom stereocenters. The third kappa shape index (κ3) is 8.18. The smallest absolute Gasteiger partial charge is 0.0683 e. The van der Waals surface area contributed by atoms with Gasteiger partial charge >= 0.3 is 0 Å². The lowest BCUT2D eigenvalue weighted by Crippen LogP contribution is -2.33. The topological polar surface area (TPSA) is 47.3 Å². The molecule has 0 heterocycles. The monoisotopic (exact) mass is 240 g/mol. The Morgan fingerprint density at radius 3 is 2.24 bits per heavy atom. The number of rotatable bonds is 9. The molecule has 0 aliphatic heterocycles. The molecular weight excluding hydrogens is 212 g/mol. The third-order valence-electron chi connectivity index (χ3n) is 3.13. The summed E-state index contributed by atoms with van der Waals surface area (Å²) in [5.74, 6) is 0. The molecule has 0 aliphatic carbocycles. The Balaban J connectivity index is 3.80. The summed E-state index contributed by atoms with van der Waals surface area (Å²) in [5.41, 5.74) is -0.187. The maximum atomic E-state index is 8.92. The lowest BCUT2D eigenvalue weighted by molar-refractivity contribution is 0.187. The quantitative estimate of drug-likeness (QED) is 0.630. The zero-order valence-electron chi connectivity index (χ0n) is 11.9. The first-order valence-corrected chi connectivity index (χ1v) is 6.69. The first-order valence-electron chi connectivity index (χ1n) is 6.69. The minimum absolute atomic E-state index is 0.187. The van der Waals surface area contributed by atoms with Crippen LogP contribution >= 0.6 is 0 Å². The van der Waals surface area contributed by atoms with E-state index in [1.54, 1.807) is 0 Å². The van der Waals surface area contributed by atoms with Gasteiger partial charge < -0.3 is 10.0 Å². The summed E-state index contributed by atoms with van der Waals surface area (Å²) in [5, 5.41) is 17.8. The number of unbranched alkanes of at least 4 members (excludes halogenated alkanes) is 1. The Bertz CT molecular complexity index is 231. The number of aliphatic hydroxyl groups is 1. The molecule has 0 radical (unpaired) electrons. The molecule has 0 amide bonds. The Morgan fingerprint density at radius 1 is 1.18 bits per heavy atom. The van der Waals surface area contributed by atoms with E-state index in [0.717, 1.165) is 38.8 Å². The second-order valence-electron chi connectivity index (χ2n) is 5.66. The Kier molecular flexibility index (Phi) is 8.20. The fraction of sp³-hybridized carbons (Fsp3) is 0.929. The number of nitrogens with zero attached hydrogens (tertiary/aromatic N) is 2. The molecule has 0 atom stereocenters. The van der Waals surface area contributed by atoms with Crippen LogP contribution in [0.1, 0.15) is 53.4 Å². The lowest BCUT2D eigenvalue weighted by Gasteiger charge is -2.26. The van der Waals surface area contributed by atoms with Crippen molar-refractivity contribution < 1.29 is 5.11 Å². The highest BCUT2D eigenvalue weighted by Crippen LogP contribution is 2.21. The maximum Gasteiger partial charge on any atom is 0.0683 e. The van der Waals surface area contributed by atoms with Crippen molar-refractivity contribution in [3.05, 3.63) is 0 Å². The molecule has 0 aromatic rings. The molecule has 0 bridgehead atoms. The predicted octanol–water partition coefficient (Wildman–Crippen LogP) is 2.80. The molecule has 0 aromatic carbocycles. The van der Waals surface area contributed by atoms with Crippen LogP contribution in [0.15, 0.2) is 0 Å². The third-order valence-corrected chi connectivity index (χ3v) is 3.13. The highest BCUT2D eigenvalue weighted by molar-refractivity contribution is 4.91. The summed E-state index contributed by atoms with van der Waals surface area (Å²) < 4.78 is 0. The van der Waals surface area contributed by atoms with Crippen LogP contribution in [0.25, 0.3) is 0 Å². The zero-order valence-corrected chi connectivity index (χ0v) is 11.9. The lowest BCUT2D eigenvalue weighted by atomic mass is 9.89. The molecule has 3 heteroatoms. The van der Waals surface area contributed by atoms with Gasteiger partial charge in [-0.15, -0.1) is 0 Å². The normalized spacial score (nSPS) is 12.1. The van der Waals surface area contributed by atoms with Gasteiger partial charge in [0.25, 0.3) is 0 Å². The number of hydrogen-bond donors (Lipinski definition) is 1. The second-order valence-corrected chi connectivity index (χ2v) is 5.66. The average molecular weight is 240 g/mol. The van der Waals surface area contributed by atoms with Crippen LogP contribution in [0.5, 0.6) is 0 Å². The van der Waals surface area contributed by atoms with Crippen molar-refractivity contribution in [3.8, 4) is 6.07 Å². The highest BCUT2D eigenvalue weighted by atomic mass is 16.3. The predicted molar refractivity (Wildman–Crippen MR) is 71.7 cm³/mol. The SMILES string of the molecule is CC(C)N(CCCO)CCCCC(C)(C)C#N. The summed E-state index contributed by atoms with van der Waals surface area (Å²) in [6.07, 6.45) is 4.05. The van der Waals surface area contributed by atoms with Gasteiger partial charge in [-0.25, -0.2) is 0 Å². The van der Waals surface area contributed by atoms with Gasteiger partial charge in [-0.3, -0.25) is 0 Å². The molecule has 17 heavy (non-hydrogen) atoms. The maximum absolute atomic E-state index is 8.92. The number of nitriles is 1. The van der Waals surface area contributed by atoms with E-state index < -0.39 is 0 Å². The van der Waals surface area contributed by atoms with Gasteiger partial charge in [-0.1, -0.05) is 6.42 Å². The van der Waals surface area contributed by atoms with Crippen LogP contribution in [-0.4, -0.2) is 35.7 Å². The van der Waals surface area contributed by atoms with Gasteiger partial charge in [0.05, 0.1) is 11.5 Å². The fourth-order valence-corrected chi connectivity index (χ4v) is 1.84. The van der Waals surface area contributed by atoms with Gasteiger partial charge in [0.1, 0.15) is 0 Å². The Morgan fingerprint density at radius 2 is 1.76 bits per heavy atom. The van der Waals surface area contributed by atoms with Gasteiger partial charge in [0, 0.05) is 19.2 Å². The molecule has 0 aliphatic rings. The van der Waals surface area contributed by atoms with E-state index in [1.165, 1.54) is 0 Å². The summed E-state index contributed by atoms with van der Waals surface area (Å²) in [4.78, 5) is 2.40. The summed E-state index contributed by atoms with van der Waals surface area (Å²) in [7, 11) is 0. The largest absolute Gasteiger partial charge is 0.396 e. The zero-order chi connectivity index (χ0) is 13.3. The van der Waals surface area contributed by atoms with E-state index in [-0.39, 0.29) is 12.0 Å². The van der Waals surface area contributed by atoms with Crippen molar-refractivity contribution in [2.75, 3.05) is 19.7 Å². The first kappa shape index (κ1) is 16.4. The van der Waals surface area contributed by atoms with E-state index in [9.17, 15) is 0 Å². The standard InChI is InChI=1S/C14H28N2O/c1-13(2)16(10-7-11-17)9-6-5-8-14(3,4)12-15/h13,17H,5-11H2,1-4H3. The fourth-order valence-electron chi connectivity index (χ4n) is 1.84. The van der Waals surface area contributed by atoms with Crippen molar-refractivity contribution in [1.29, 1.82) is 5.26 Å². The summed E-state index contributed by atoms with van der Waals surface area (Å²) in [6, 6.07) is 2.87. The van der Waals surface area contributed by atoms with Crippen LogP contribution in [-0.2, 0) is 0 Å². The summed E-state index contributed by atoms with van der Waals surface area (Å²) in [6.45, 7) is 10.7. The molecule has 0 saturated carbocycles. The molecule has 0 rings (SSSR count). The Hall–Kier alpha value is -0.590. The molecule has 100 valence electrons. The van der Waals surface area contributed by atoms with Crippen molar-refractivity contribution >= 4 is 0 Å². The van der Waals surface area contributed by atoms with E-state index in [4.69, 9.17) is 10.4 Å². The van der Waals surface area contributed by atoms with Gasteiger partial charge in [-0.05, 0) is 53.5 Å². The Labute approximate surface area is 106 Å². The molecule has 0 spiro atoms. The number of aliphatic hydroxyl groups excluding tert-OH is 1. The highest BCUT2D eigenvalue weighted by Gasteiger charge is 2.16. The first-order chi connectivity index (χ1) is 7.93. The van der Waals surface area contributed by atoms with Gasteiger partial charge in [0.2, 0.25) is 0 Å². The molecular formula is C14H28N2O. The molecule has 3 nitrogen and oxygen atoms in total. The van der Waals surface area contributed by atoms with Crippen molar-refractivity contribution in [2.45, 2.75) is 59.4 Å². The van der Waals surface area contributed by atoms with Crippen molar-refractivity contribution in [1.82, 2.24) is 4.90 Å². The molecule has 1 N–H and O–H groups in total.